The first-order chi connectivity index (χ1) is 11.5. The van der Waals surface area contributed by atoms with Crippen LogP contribution in [-0.4, -0.2) is 25.0 Å². The van der Waals surface area contributed by atoms with Gasteiger partial charge in [-0.1, -0.05) is 35.9 Å². The first kappa shape index (κ1) is 16.1. The number of nitrogens with one attached hydrogen (secondary N) is 1. The average molecular weight is 324 g/mol. The van der Waals surface area contributed by atoms with Gasteiger partial charge in [-0.3, -0.25) is 14.5 Å². The second-order valence-electron chi connectivity index (χ2n) is 6.00. The summed E-state index contributed by atoms with van der Waals surface area (Å²) in [6.45, 7) is 4.37. The lowest BCUT2D eigenvalue weighted by Crippen LogP contribution is -2.45. The molecular weight excluding hydrogens is 304 g/mol. The van der Waals surface area contributed by atoms with E-state index in [1.807, 2.05) is 56.3 Å². The molecule has 5 heteroatoms. The first-order valence-electron chi connectivity index (χ1n) is 7.89. The number of carbonyl (C=O) groups excluding carboxylic acids is 2. The van der Waals surface area contributed by atoms with E-state index in [1.165, 1.54) is 10.5 Å². The maximum Gasteiger partial charge on any atom is 0.265 e. The van der Waals surface area contributed by atoms with E-state index < -0.39 is 0 Å². The van der Waals surface area contributed by atoms with E-state index in [0.717, 1.165) is 11.1 Å². The summed E-state index contributed by atoms with van der Waals surface area (Å²) < 4.78 is 5.45. The van der Waals surface area contributed by atoms with Crippen molar-refractivity contribution in [2.45, 2.75) is 20.4 Å². The van der Waals surface area contributed by atoms with Gasteiger partial charge in [-0.15, -0.1) is 0 Å². The minimum atomic E-state index is -0.211. The van der Waals surface area contributed by atoms with Gasteiger partial charge in [0.25, 0.3) is 5.91 Å². The van der Waals surface area contributed by atoms with Crippen molar-refractivity contribution in [3.63, 3.8) is 0 Å². The molecule has 0 aromatic heterocycles. The number of fused-ring (bicyclic) bond motifs is 1. The predicted octanol–water partition coefficient (Wildman–Crippen LogP) is 2.35. The Morgan fingerprint density at radius 3 is 2.58 bits per heavy atom. The fourth-order valence-electron chi connectivity index (χ4n) is 2.59. The number of benzene rings is 2. The van der Waals surface area contributed by atoms with Crippen molar-refractivity contribution >= 4 is 17.5 Å². The van der Waals surface area contributed by atoms with Crippen LogP contribution in [0.5, 0.6) is 5.75 Å². The summed E-state index contributed by atoms with van der Waals surface area (Å²) in [5.41, 5.74) is 3.89. The Hall–Kier alpha value is -2.82. The topological polar surface area (TPSA) is 58.6 Å². The molecule has 0 spiro atoms. The average Bonchev–Trinajstić information content (AvgIpc) is 2.57. The van der Waals surface area contributed by atoms with E-state index in [4.69, 9.17) is 4.74 Å². The fourth-order valence-corrected chi connectivity index (χ4v) is 2.59. The quantitative estimate of drug-likeness (QED) is 0.939. The molecular formula is C19H20N2O3. The van der Waals surface area contributed by atoms with Crippen LogP contribution < -0.4 is 15.0 Å². The van der Waals surface area contributed by atoms with Crippen LogP contribution in [0.1, 0.15) is 16.7 Å². The summed E-state index contributed by atoms with van der Waals surface area (Å²) >= 11 is 0. The molecule has 1 heterocycles. The number of hydrogen-bond donors (Lipinski definition) is 1. The number of carbonyl (C=O) groups is 2. The van der Waals surface area contributed by atoms with Crippen LogP contribution in [0.25, 0.3) is 0 Å². The number of ether oxygens (including phenoxy) is 1. The highest BCUT2D eigenvalue weighted by molar-refractivity contribution is 6.02. The summed E-state index contributed by atoms with van der Waals surface area (Å²) in [5, 5.41) is 2.85. The van der Waals surface area contributed by atoms with E-state index in [0.29, 0.717) is 18.0 Å². The van der Waals surface area contributed by atoms with Gasteiger partial charge >= 0.3 is 0 Å². The molecule has 0 aliphatic carbocycles. The van der Waals surface area contributed by atoms with E-state index in [9.17, 15) is 9.59 Å². The summed E-state index contributed by atoms with van der Waals surface area (Å²) in [6, 6.07) is 13.6. The van der Waals surface area contributed by atoms with Gasteiger partial charge in [-0.05, 0) is 37.1 Å². The molecule has 3 rings (SSSR count). The fraction of sp³-hybridized carbons (Fsp3) is 0.263. The lowest BCUT2D eigenvalue weighted by atomic mass is 10.1. The molecule has 2 aromatic rings. The maximum atomic E-state index is 12.2. The molecule has 0 fully saturated rings. The number of anilines is 1. The van der Waals surface area contributed by atoms with E-state index in [-0.39, 0.29) is 25.0 Å². The minimum absolute atomic E-state index is 0.00981. The zero-order valence-corrected chi connectivity index (χ0v) is 13.8. The Labute approximate surface area is 141 Å². The van der Waals surface area contributed by atoms with Crippen molar-refractivity contribution in [1.29, 1.82) is 0 Å². The van der Waals surface area contributed by atoms with Gasteiger partial charge in [0, 0.05) is 6.54 Å². The highest BCUT2D eigenvalue weighted by Crippen LogP contribution is 2.32. The smallest absolute Gasteiger partial charge is 0.265 e. The van der Waals surface area contributed by atoms with E-state index >= 15 is 0 Å². The van der Waals surface area contributed by atoms with Gasteiger partial charge in [0.2, 0.25) is 5.91 Å². The van der Waals surface area contributed by atoms with Crippen molar-refractivity contribution in [2.24, 2.45) is 0 Å². The third-order valence-corrected chi connectivity index (χ3v) is 3.97. The second kappa shape index (κ2) is 6.74. The number of rotatable bonds is 4. The zero-order chi connectivity index (χ0) is 17.1. The Balaban J connectivity index is 1.65. The van der Waals surface area contributed by atoms with E-state index in [1.54, 1.807) is 0 Å². The summed E-state index contributed by atoms with van der Waals surface area (Å²) in [4.78, 5) is 25.8. The van der Waals surface area contributed by atoms with Gasteiger partial charge < -0.3 is 10.1 Å². The highest BCUT2D eigenvalue weighted by Gasteiger charge is 2.27. The predicted molar refractivity (Wildman–Crippen MR) is 92.1 cm³/mol. The molecule has 1 aliphatic rings. The number of hydrogen-bond acceptors (Lipinski definition) is 3. The summed E-state index contributed by atoms with van der Waals surface area (Å²) in [7, 11) is 0. The van der Waals surface area contributed by atoms with Gasteiger partial charge in [-0.25, -0.2) is 0 Å². The Kier molecular flexibility index (Phi) is 4.51. The van der Waals surface area contributed by atoms with Gasteiger partial charge in [0.15, 0.2) is 6.61 Å². The SMILES string of the molecule is Cc1ccc(CNC(=O)CN2C(=O)COc3cc(C)ccc32)cc1. The first-order valence-corrected chi connectivity index (χ1v) is 7.89. The third kappa shape index (κ3) is 3.56. The molecule has 0 atom stereocenters. The highest BCUT2D eigenvalue weighted by atomic mass is 16.5. The minimum Gasteiger partial charge on any atom is -0.482 e. The molecule has 5 nitrogen and oxygen atoms in total. The van der Waals surface area contributed by atoms with Crippen molar-refractivity contribution < 1.29 is 14.3 Å². The molecule has 0 bridgehead atoms. The maximum absolute atomic E-state index is 12.2. The Morgan fingerprint density at radius 2 is 1.83 bits per heavy atom. The van der Waals surface area contributed by atoms with Crippen LogP contribution in [0.15, 0.2) is 42.5 Å². The molecule has 0 saturated heterocycles. The van der Waals surface area contributed by atoms with Crippen molar-refractivity contribution in [2.75, 3.05) is 18.1 Å². The van der Waals surface area contributed by atoms with E-state index in [2.05, 4.69) is 5.32 Å². The molecule has 124 valence electrons. The molecule has 2 amide bonds. The molecule has 0 unspecified atom stereocenters. The van der Waals surface area contributed by atoms with Crippen LogP contribution in [0.2, 0.25) is 0 Å². The Bertz CT molecular complexity index is 769. The van der Waals surface area contributed by atoms with Crippen LogP contribution in [0, 0.1) is 13.8 Å². The summed E-state index contributed by atoms with van der Waals surface area (Å²) in [6.07, 6.45) is 0. The molecule has 24 heavy (non-hydrogen) atoms. The van der Waals surface area contributed by atoms with Gasteiger partial charge in [0.1, 0.15) is 12.3 Å². The largest absolute Gasteiger partial charge is 0.482 e. The van der Waals surface area contributed by atoms with Gasteiger partial charge in [-0.2, -0.15) is 0 Å². The van der Waals surface area contributed by atoms with Crippen molar-refractivity contribution in [1.82, 2.24) is 5.32 Å². The zero-order valence-electron chi connectivity index (χ0n) is 13.8. The van der Waals surface area contributed by atoms with Gasteiger partial charge in [0.05, 0.1) is 5.69 Å². The molecule has 1 N–H and O–H groups in total. The number of amides is 2. The second-order valence-corrected chi connectivity index (χ2v) is 6.00. The van der Waals surface area contributed by atoms with Crippen molar-refractivity contribution in [3.05, 3.63) is 59.2 Å². The Morgan fingerprint density at radius 1 is 1.12 bits per heavy atom. The van der Waals surface area contributed by atoms with Crippen LogP contribution in [0.4, 0.5) is 5.69 Å². The number of nitrogens with zero attached hydrogens (tertiary/aromatic N) is 1. The molecule has 0 saturated carbocycles. The normalized spacial score (nSPS) is 13.2. The van der Waals surface area contributed by atoms with Crippen LogP contribution in [0.3, 0.4) is 0 Å². The lowest BCUT2D eigenvalue weighted by Gasteiger charge is -2.29. The van der Waals surface area contributed by atoms with Crippen molar-refractivity contribution in [3.8, 4) is 5.75 Å². The molecule has 2 aromatic carbocycles. The molecule has 1 aliphatic heterocycles. The number of aryl methyl sites for hydroxylation is 2. The molecule has 0 radical (unpaired) electrons. The lowest BCUT2D eigenvalue weighted by molar-refractivity contribution is -0.125. The van der Waals surface area contributed by atoms with Crippen LogP contribution in [-0.2, 0) is 16.1 Å². The van der Waals surface area contributed by atoms with Crippen LogP contribution >= 0.6 is 0 Å². The third-order valence-electron chi connectivity index (χ3n) is 3.97. The standard InChI is InChI=1S/C19H20N2O3/c1-13-3-6-15(7-4-13)10-20-18(22)11-21-16-8-5-14(2)9-17(16)24-12-19(21)23/h3-9H,10-12H2,1-2H3,(H,20,22). The summed E-state index contributed by atoms with van der Waals surface area (Å²) in [5.74, 6) is 0.232. The monoisotopic (exact) mass is 324 g/mol.